The SMILES string of the molecule is CNc1nnc(COc2cccc(Br)c2)s1. The van der Waals surface area contributed by atoms with Gasteiger partial charge < -0.3 is 10.1 Å². The first-order valence-electron chi connectivity index (χ1n) is 4.66. The minimum atomic E-state index is 0.440. The number of ether oxygens (including phenoxy) is 1. The zero-order valence-electron chi connectivity index (χ0n) is 8.61. The molecule has 16 heavy (non-hydrogen) atoms. The summed E-state index contributed by atoms with van der Waals surface area (Å²) in [5.41, 5.74) is 0. The molecule has 0 aliphatic carbocycles. The zero-order chi connectivity index (χ0) is 11.4. The van der Waals surface area contributed by atoms with E-state index in [4.69, 9.17) is 4.74 Å². The first-order valence-corrected chi connectivity index (χ1v) is 6.27. The van der Waals surface area contributed by atoms with E-state index in [1.54, 1.807) is 0 Å². The van der Waals surface area contributed by atoms with E-state index in [0.29, 0.717) is 6.61 Å². The second kappa shape index (κ2) is 5.27. The van der Waals surface area contributed by atoms with Gasteiger partial charge in [0.15, 0.2) is 5.01 Å². The molecule has 2 aromatic rings. The number of nitrogens with one attached hydrogen (secondary N) is 1. The minimum absolute atomic E-state index is 0.440. The lowest BCUT2D eigenvalue weighted by atomic mass is 10.3. The fraction of sp³-hybridized carbons (Fsp3) is 0.200. The van der Waals surface area contributed by atoms with Gasteiger partial charge >= 0.3 is 0 Å². The fourth-order valence-electron chi connectivity index (χ4n) is 1.11. The average Bonchev–Trinajstić information content (AvgIpc) is 2.74. The van der Waals surface area contributed by atoms with Crippen molar-refractivity contribution in [2.75, 3.05) is 12.4 Å². The van der Waals surface area contributed by atoms with Gasteiger partial charge in [0.25, 0.3) is 0 Å². The molecule has 0 aliphatic rings. The number of anilines is 1. The summed E-state index contributed by atoms with van der Waals surface area (Å²) in [7, 11) is 1.82. The van der Waals surface area contributed by atoms with Gasteiger partial charge in [-0.2, -0.15) is 0 Å². The highest BCUT2D eigenvalue weighted by Crippen LogP contribution is 2.20. The molecule has 0 saturated carbocycles. The molecule has 1 aromatic heterocycles. The molecule has 84 valence electrons. The van der Waals surface area contributed by atoms with Gasteiger partial charge in [0.1, 0.15) is 12.4 Å². The second-order valence-electron chi connectivity index (χ2n) is 3.00. The Morgan fingerprint density at radius 1 is 1.44 bits per heavy atom. The lowest BCUT2D eigenvalue weighted by Crippen LogP contribution is -1.94. The maximum Gasteiger partial charge on any atom is 0.205 e. The Hall–Kier alpha value is -1.14. The molecule has 0 bridgehead atoms. The molecule has 6 heteroatoms. The van der Waals surface area contributed by atoms with Crippen LogP contribution in [0.2, 0.25) is 0 Å². The normalized spacial score (nSPS) is 10.1. The molecule has 0 unspecified atom stereocenters. The largest absolute Gasteiger partial charge is 0.486 e. The van der Waals surface area contributed by atoms with Crippen molar-refractivity contribution in [3.8, 4) is 5.75 Å². The molecule has 1 heterocycles. The third kappa shape index (κ3) is 2.93. The van der Waals surface area contributed by atoms with Crippen molar-refractivity contribution in [2.45, 2.75) is 6.61 Å². The number of rotatable bonds is 4. The first kappa shape index (κ1) is 11.3. The molecule has 0 fully saturated rings. The highest BCUT2D eigenvalue weighted by Gasteiger charge is 2.03. The summed E-state index contributed by atoms with van der Waals surface area (Å²) >= 11 is 4.87. The molecule has 4 nitrogen and oxygen atoms in total. The van der Waals surface area contributed by atoms with Crippen LogP contribution in [0.3, 0.4) is 0 Å². The molecule has 2 rings (SSSR count). The lowest BCUT2D eigenvalue weighted by Gasteiger charge is -2.03. The van der Waals surface area contributed by atoms with E-state index in [1.165, 1.54) is 11.3 Å². The summed E-state index contributed by atoms with van der Waals surface area (Å²) in [4.78, 5) is 0. The van der Waals surface area contributed by atoms with Gasteiger partial charge in [-0.1, -0.05) is 33.3 Å². The van der Waals surface area contributed by atoms with Gasteiger partial charge in [-0.3, -0.25) is 0 Å². The van der Waals surface area contributed by atoms with Crippen molar-refractivity contribution in [3.05, 3.63) is 33.7 Å². The predicted molar refractivity (Wildman–Crippen MR) is 67.9 cm³/mol. The van der Waals surface area contributed by atoms with Crippen LogP contribution in [0.15, 0.2) is 28.7 Å². The van der Waals surface area contributed by atoms with Crippen LogP contribution in [0.25, 0.3) is 0 Å². The smallest absolute Gasteiger partial charge is 0.205 e. The van der Waals surface area contributed by atoms with Crippen molar-refractivity contribution in [3.63, 3.8) is 0 Å². The highest BCUT2D eigenvalue weighted by atomic mass is 79.9. The number of hydrogen-bond acceptors (Lipinski definition) is 5. The third-order valence-electron chi connectivity index (χ3n) is 1.84. The van der Waals surface area contributed by atoms with Gasteiger partial charge in [-0.25, -0.2) is 0 Å². The van der Waals surface area contributed by atoms with Crippen molar-refractivity contribution >= 4 is 32.4 Å². The maximum absolute atomic E-state index is 5.58. The maximum atomic E-state index is 5.58. The van der Waals surface area contributed by atoms with Crippen molar-refractivity contribution in [1.82, 2.24) is 10.2 Å². The number of aromatic nitrogens is 2. The fourth-order valence-corrected chi connectivity index (χ4v) is 2.10. The van der Waals surface area contributed by atoms with Crippen LogP contribution in [0, 0.1) is 0 Å². The predicted octanol–water partition coefficient (Wildman–Crippen LogP) is 2.92. The molecule has 0 spiro atoms. The molecule has 0 amide bonds. The van der Waals surface area contributed by atoms with E-state index >= 15 is 0 Å². The topological polar surface area (TPSA) is 47.0 Å². The molecular formula is C10H10BrN3OS. The van der Waals surface area contributed by atoms with Crippen molar-refractivity contribution in [2.24, 2.45) is 0 Å². The number of halogens is 1. The summed E-state index contributed by atoms with van der Waals surface area (Å²) in [6.07, 6.45) is 0. The van der Waals surface area contributed by atoms with Crippen molar-refractivity contribution in [1.29, 1.82) is 0 Å². The van der Waals surface area contributed by atoms with Gasteiger partial charge in [0, 0.05) is 11.5 Å². The van der Waals surface area contributed by atoms with E-state index in [2.05, 4.69) is 31.4 Å². The van der Waals surface area contributed by atoms with E-state index in [1.807, 2.05) is 31.3 Å². The van der Waals surface area contributed by atoms with Gasteiger partial charge in [-0.15, -0.1) is 10.2 Å². The summed E-state index contributed by atoms with van der Waals surface area (Å²) in [5, 5.41) is 12.5. The zero-order valence-corrected chi connectivity index (χ0v) is 11.0. The van der Waals surface area contributed by atoms with E-state index in [-0.39, 0.29) is 0 Å². The Bertz CT molecular complexity index is 475. The van der Waals surface area contributed by atoms with Crippen LogP contribution >= 0.6 is 27.3 Å². The van der Waals surface area contributed by atoms with Gasteiger partial charge in [0.2, 0.25) is 5.13 Å². The Kier molecular flexibility index (Phi) is 3.74. The lowest BCUT2D eigenvalue weighted by molar-refractivity contribution is 0.304. The first-order chi connectivity index (χ1) is 7.78. The summed E-state index contributed by atoms with van der Waals surface area (Å²) in [6.45, 7) is 0.440. The van der Waals surface area contributed by atoms with Crippen LogP contribution in [-0.2, 0) is 6.61 Å². The van der Waals surface area contributed by atoms with Crippen LogP contribution in [0.4, 0.5) is 5.13 Å². The van der Waals surface area contributed by atoms with E-state index in [0.717, 1.165) is 20.4 Å². The molecule has 0 aliphatic heterocycles. The number of nitrogens with zero attached hydrogens (tertiary/aromatic N) is 2. The summed E-state index contributed by atoms with van der Waals surface area (Å²) < 4.78 is 6.58. The monoisotopic (exact) mass is 299 g/mol. The van der Waals surface area contributed by atoms with Crippen LogP contribution in [0.1, 0.15) is 5.01 Å². The third-order valence-corrected chi connectivity index (χ3v) is 3.25. The van der Waals surface area contributed by atoms with Gasteiger partial charge in [0.05, 0.1) is 0 Å². The Balaban J connectivity index is 1.96. The number of benzene rings is 1. The van der Waals surface area contributed by atoms with E-state index in [9.17, 15) is 0 Å². The van der Waals surface area contributed by atoms with Gasteiger partial charge in [-0.05, 0) is 18.2 Å². The van der Waals surface area contributed by atoms with Crippen LogP contribution < -0.4 is 10.1 Å². The molecule has 1 N–H and O–H groups in total. The Morgan fingerprint density at radius 3 is 3.00 bits per heavy atom. The van der Waals surface area contributed by atoms with Crippen molar-refractivity contribution < 1.29 is 4.74 Å². The summed E-state index contributed by atoms with van der Waals surface area (Å²) in [5.74, 6) is 0.815. The Labute approximate surface area is 106 Å². The standard InChI is InChI=1S/C10H10BrN3OS/c1-12-10-14-13-9(16-10)6-15-8-4-2-3-7(11)5-8/h2-5H,6H2,1H3,(H,12,14). The molecule has 0 atom stereocenters. The minimum Gasteiger partial charge on any atom is -0.486 e. The molecule has 1 aromatic carbocycles. The second-order valence-corrected chi connectivity index (χ2v) is 4.97. The average molecular weight is 300 g/mol. The molecule has 0 radical (unpaired) electrons. The van der Waals surface area contributed by atoms with Crippen LogP contribution in [0.5, 0.6) is 5.75 Å². The number of hydrogen-bond donors (Lipinski definition) is 1. The molecular weight excluding hydrogens is 290 g/mol. The van der Waals surface area contributed by atoms with Crippen LogP contribution in [-0.4, -0.2) is 17.2 Å². The summed E-state index contributed by atoms with van der Waals surface area (Å²) in [6, 6.07) is 7.71. The highest BCUT2D eigenvalue weighted by molar-refractivity contribution is 9.10. The quantitative estimate of drug-likeness (QED) is 0.943. The Morgan fingerprint density at radius 2 is 2.31 bits per heavy atom. The van der Waals surface area contributed by atoms with E-state index < -0.39 is 0 Å². The molecule has 0 saturated heterocycles.